The van der Waals surface area contributed by atoms with Gasteiger partial charge in [-0.3, -0.25) is 9.59 Å². The Labute approximate surface area is 156 Å². The van der Waals surface area contributed by atoms with Gasteiger partial charge >= 0.3 is 0 Å². The van der Waals surface area contributed by atoms with Crippen molar-refractivity contribution in [1.29, 1.82) is 0 Å². The zero-order valence-electron chi connectivity index (χ0n) is 16.0. The number of thiophene rings is 1. The molecule has 1 saturated heterocycles. The molecular formula is C20H32N2O2S. The number of rotatable bonds is 6. The Balaban J connectivity index is 2.12. The Morgan fingerprint density at radius 3 is 2.80 bits per heavy atom. The molecule has 0 spiro atoms. The van der Waals surface area contributed by atoms with Gasteiger partial charge in [0.15, 0.2) is 0 Å². The Morgan fingerprint density at radius 2 is 2.16 bits per heavy atom. The lowest BCUT2D eigenvalue weighted by Gasteiger charge is -2.31. The molecule has 1 fully saturated rings. The van der Waals surface area contributed by atoms with E-state index >= 15 is 0 Å². The van der Waals surface area contributed by atoms with Crippen molar-refractivity contribution >= 4 is 23.2 Å². The standard InChI is InChI=1S/C20H32N2O2S/c1-15(12-20(2,3)4)11-18(23)22(13-16-8-10-25-14-16)17-7-5-6-9-21-19(17)24/h8,10,14-15,17H,5-7,9,11-13H2,1-4H3,(H,21,24). The van der Waals surface area contributed by atoms with Crippen LogP contribution in [0.4, 0.5) is 0 Å². The number of nitrogens with one attached hydrogen (secondary N) is 1. The molecule has 2 unspecified atom stereocenters. The quantitative estimate of drug-likeness (QED) is 0.822. The van der Waals surface area contributed by atoms with Gasteiger partial charge in [-0.15, -0.1) is 0 Å². The van der Waals surface area contributed by atoms with Crippen LogP contribution in [0, 0.1) is 11.3 Å². The van der Waals surface area contributed by atoms with Gasteiger partial charge < -0.3 is 10.2 Å². The monoisotopic (exact) mass is 364 g/mol. The van der Waals surface area contributed by atoms with Crippen LogP contribution in [0.2, 0.25) is 0 Å². The molecule has 0 aromatic carbocycles. The highest BCUT2D eigenvalue weighted by Gasteiger charge is 2.31. The summed E-state index contributed by atoms with van der Waals surface area (Å²) in [6.45, 7) is 10.00. The first-order valence-corrected chi connectivity index (χ1v) is 10.3. The van der Waals surface area contributed by atoms with Crippen molar-refractivity contribution < 1.29 is 9.59 Å². The molecule has 1 aromatic heterocycles. The maximum atomic E-state index is 13.1. The highest BCUT2D eigenvalue weighted by Crippen LogP contribution is 2.27. The Bertz CT molecular complexity index is 563. The summed E-state index contributed by atoms with van der Waals surface area (Å²) in [6, 6.07) is 1.70. The summed E-state index contributed by atoms with van der Waals surface area (Å²) >= 11 is 1.63. The van der Waals surface area contributed by atoms with Gasteiger partial charge in [-0.2, -0.15) is 11.3 Å². The Morgan fingerprint density at radius 1 is 1.40 bits per heavy atom. The summed E-state index contributed by atoms with van der Waals surface area (Å²) in [6.07, 6.45) is 4.24. The number of nitrogens with zero attached hydrogens (tertiary/aromatic N) is 1. The van der Waals surface area contributed by atoms with Gasteiger partial charge in [-0.1, -0.05) is 27.7 Å². The fourth-order valence-electron chi connectivity index (χ4n) is 3.70. The summed E-state index contributed by atoms with van der Waals surface area (Å²) in [5.41, 5.74) is 1.32. The normalized spacial score (nSPS) is 19.8. The molecule has 1 aliphatic rings. The van der Waals surface area contributed by atoms with Gasteiger partial charge in [-0.25, -0.2) is 0 Å². The van der Waals surface area contributed by atoms with Crippen molar-refractivity contribution in [3.05, 3.63) is 22.4 Å². The van der Waals surface area contributed by atoms with Crippen molar-refractivity contribution in [2.75, 3.05) is 6.54 Å². The van der Waals surface area contributed by atoms with Crippen LogP contribution in [0.1, 0.15) is 65.4 Å². The van der Waals surface area contributed by atoms with E-state index in [0.717, 1.165) is 37.8 Å². The van der Waals surface area contributed by atoms with E-state index in [2.05, 4.69) is 38.4 Å². The van der Waals surface area contributed by atoms with Gasteiger partial charge in [0, 0.05) is 19.5 Å². The molecular weight excluding hydrogens is 332 g/mol. The number of amides is 2. The SMILES string of the molecule is CC(CC(=O)N(Cc1ccsc1)C1CCCCNC1=O)CC(C)(C)C. The summed E-state index contributed by atoms with van der Waals surface area (Å²) in [5, 5.41) is 7.06. The summed E-state index contributed by atoms with van der Waals surface area (Å²) in [4.78, 5) is 27.4. The third-order valence-corrected chi connectivity index (χ3v) is 5.35. The molecule has 1 aromatic rings. The molecule has 2 heterocycles. The molecule has 0 saturated carbocycles. The van der Waals surface area contributed by atoms with Crippen LogP contribution in [-0.2, 0) is 16.1 Å². The molecule has 0 bridgehead atoms. The Hall–Kier alpha value is -1.36. The van der Waals surface area contributed by atoms with Crippen LogP contribution in [-0.4, -0.2) is 29.3 Å². The predicted octanol–water partition coefficient (Wildman–Crippen LogP) is 4.21. The van der Waals surface area contributed by atoms with Gasteiger partial charge in [0.25, 0.3) is 0 Å². The van der Waals surface area contributed by atoms with Crippen molar-refractivity contribution in [3.8, 4) is 0 Å². The maximum Gasteiger partial charge on any atom is 0.242 e. The number of carbonyl (C=O) groups excluding carboxylic acids is 2. The van der Waals surface area contributed by atoms with Crippen molar-refractivity contribution in [2.24, 2.45) is 11.3 Å². The topological polar surface area (TPSA) is 49.4 Å². The molecule has 2 rings (SSSR count). The second-order valence-electron chi connectivity index (χ2n) is 8.53. The first kappa shape index (κ1) is 20.0. The third kappa shape index (κ3) is 6.46. The third-order valence-electron chi connectivity index (χ3n) is 4.62. The van der Waals surface area contributed by atoms with Gasteiger partial charge in [0.05, 0.1) is 0 Å². The first-order valence-electron chi connectivity index (χ1n) is 9.34. The van der Waals surface area contributed by atoms with Crippen LogP contribution >= 0.6 is 11.3 Å². The minimum absolute atomic E-state index is 0.00422. The summed E-state index contributed by atoms with van der Waals surface area (Å²) in [7, 11) is 0. The van der Waals surface area contributed by atoms with Crippen LogP contribution in [0.25, 0.3) is 0 Å². The Kier molecular flexibility index (Phi) is 7.05. The van der Waals surface area contributed by atoms with Crippen molar-refractivity contribution in [2.45, 2.75) is 72.4 Å². The zero-order chi connectivity index (χ0) is 18.4. The average molecular weight is 365 g/mol. The molecule has 2 atom stereocenters. The van der Waals surface area contributed by atoms with Gasteiger partial charge in [-0.05, 0) is 59.4 Å². The minimum Gasteiger partial charge on any atom is -0.354 e. The first-order chi connectivity index (χ1) is 11.8. The van der Waals surface area contributed by atoms with Crippen LogP contribution in [0.5, 0.6) is 0 Å². The fourth-order valence-corrected chi connectivity index (χ4v) is 4.36. The molecule has 25 heavy (non-hydrogen) atoms. The number of carbonyl (C=O) groups is 2. The van der Waals surface area contributed by atoms with Gasteiger partial charge in [0.2, 0.25) is 11.8 Å². The van der Waals surface area contributed by atoms with E-state index in [4.69, 9.17) is 0 Å². The van der Waals surface area contributed by atoms with Crippen molar-refractivity contribution in [3.63, 3.8) is 0 Å². The van der Waals surface area contributed by atoms with E-state index in [9.17, 15) is 9.59 Å². The van der Waals surface area contributed by atoms with Crippen molar-refractivity contribution in [1.82, 2.24) is 10.2 Å². The molecule has 2 amide bonds. The van der Waals surface area contributed by atoms with E-state index < -0.39 is 0 Å². The summed E-state index contributed by atoms with van der Waals surface area (Å²) < 4.78 is 0. The van der Waals surface area contributed by atoms with E-state index in [0.29, 0.717) is 18.9 Å². The molecule has 140 valence electrons. The van der Waals surface area contributed by atoms with Crippen LogP contribution in [0.15, 0.2) is 16.8 Å². The van der Waals surface area contributed by atoms with E-state index in [1.54, 1.807) is 11.3 Å². The molecule has 5 heteroatoms. The highest BCUT2D eigenvalue weighted by molar-refractivity contribution is 7.07. The van der Waals surface area contributed by atoms with E-state index in [1.807, 2.05) is 16.3 Å². The minimum atomic E-state index is -0.336. The number of hydrogen-bond donors (Lipinski definition) is 1. The lowest BCUT2D eigenvalue weighted by molar-refractivity contribution is -0.142. The van der Waals surface area contributed by atoms with Crippen LogP contribution < -0.4 is 5.32 Å². The fraction of sp³-hybridized carbons (Fsp3) is 0.700. The maximum absolute atomic E-state index is 13.1. The second-order valence-corrected chi connectivity index (χ2v) is 9.31. The zero-order valence-corrected chi connectivity index (χ0v) is 16.8. The van der Waals surface area contributed by atoms with Gasteiger partial charge in [0.1, 0.15) is 6.04 Å². The molecule has 1 aliphatic heterocycles. The lowest BCUT2D eigenvalue weighted by atomic mass is 9.84. The lowest BCUT2D eigenvalue weighted by Crippen LogP contribution is -2.48. The largest absolute Gasteiger partial charge is 0.354 e. The molecule has 0 radical (unpaired) electrons. The second kappa shape index (κ2) is 8.84. The summed E-state index contributed by atoms with van der Waals surface area (Å²) in [5.74, 6) is 0.417. The number of hydrogen-bond acceptors (Lipinski definition) is 3. The molecule has 1 N–H and O–H groups in total. The smallest absolute Gasteiger partial charge is 0.242 e. The molecule has 4 nitrogen and oxygen atoms in total. The van der Waals surface area contributed by atoms with E-state index in [1.165, 1.54) is 0 Å². The van der Waals surface area contributed by atoms with E-state index in [-0.39, 0.29) is 23.3 Å². The predicted molar refractivity (Wildman–Crippen MR) is 103 cm³/mol. The average Bonchev–Trinajstić information content (AvgIpc) is 2.91. The highest BCUT2D eigenvalue weighted by atomic mass is 32.1. The molecule has 0 aliphatic carbocycles. The van der Waals surface area contributed by atoms with Crippen LogP contribution in [0.3, 0.4) is 0 Å².